The first-order valence-corrected chi connectivity index (χ1v) is 9.18. The Morgan fingerprint density at radius 1 is 1.15 bits per heavy atom. The third kappa shape index (κ3) is 5.45. The smallest absolute Gasteiger partial charge is 0.244 e. The zero-order valence-corrected chi connectivity index (χ0v) is 15.5. The van der Waals surface area contributed by atoms with E-state index in [2.05, 4.69) is 5.32 Å². The first-order valence-electron chi connectivity index (χ1n) is 9.18. The third-order valence-electron chi connectivity index (χ3n) is 4.40. The van der Waals surface area contributed by atoms with Gasteiger partial charge in [-0.05, 0) is 49.2 Å². The van der Waals surface area contributed by atoms with E-state index in [0.29, 0.717) is 19.6 Å². The molecule has 140 valence electrons. The number of benzene rings is 2. The second-order valence-corrected chi connectivity index (χ2v) is 6.53. The fraction of sp³-hybridized carbons (Fsp3) is 0.273. The maximum atomic E-state index is 11.9. The minimum Gasteiger partial charge on any atom is -0.492 e. The van der Waals surface area contributed by atoms with E-state index in [1.165, 1.54) is 11.6 Å². The van der Waals surface area contributed by atoms with Gasteiger partial charge in [-0.2, -0.15) is 0 Å². The minimum absolute atomic E-state index is 0.165. The maximum absolute atomic E-state index is 11.9. The molecule has 0 spiro atoms. The van der Waals surface area contributed by atoms with Crippen molar-refractivity contribution >= 4 is 23.6 Å². The van der Waals surface area contributed by atoms with Crippen LogP contribution in [0.15, 0.2) is 54.6 Å². The molecule has 5 nitrogen and oxygen atoms in total. The summed E-state index contributed by atoms with van der Waals surface area (Å²) in [6, 6.07) is 15.4. The quantitative estimate of drug-likeness (QED) is 0.606. The normalized spacial score (nSPS) is 14.0. The Bertz CT molecular complexity index is 810. The summed E-state index contributed by atoms with van der Waals surface area (Å²) in [5, 5.41) is 2.79. The molecule has 0 atom stereocenters. The van der Waals surface area contributed by atoms with Crippen LogP contribution in [0.3, 0.4) is 0 Å². The van der Waals surface area contributed by atoms with Crippen LogP contribution in [-0.2, 0) is 9.59 Å². The highest BCUT2D eigenvalue weighted by Crippen LogP contribution is 2.21. The number of nitrogens with zero attached hydrogens (tertiary/aromatic N) is 1. The molecule has 0 bridgehead atoms. The molecule has 3 rings (SSSR count). The molecule has 1 aliphatic rings. The minimum atomic E-state index is -0.165. The van der Waals surface area contributed by atoms with Gasteiger partial charge in [-0.15, -0.1) is 0 Å². The molecule has 0 aromatic heterocycles. The van der Waals surface area contributed by atoms with E-state index in [1.54, 1.807) is 11.0 Å². The number of hydrogen-bond acceptors (Lipinski definition) is 3. The zero-order valence-electron chi connectivity index (χ0n) is 15.5. The van der Waals surface area contributed by atoms with E-state index < -0.39 is 0 Å². The fourth-order valence-electron chi connectivity index (χ4n) is 2.89. The van der Waals surface area contributed by atoms with Crippen molar-refractivity contribution in [2.24, 2.45) is 0 Å². The Labute approximate surface area is 159 Å². The number of nitrogens with one attached hydrogen (secondary N) is 1. The average molecular weight is 364 g/mol. The van der Waals surface area contributed by atoms with Crippen molar-refractivity contribution in [3.63, 3.8) is 0 Å². The summed E-state index contributed by atoms with van der Waals surface area (Å²) in [5.74, 6) is 0.800. The van der Waals surface area contributed by atoms with E-state index in [-0.39, 0.29) is 11.8 Å². The van der Waals surface area contributed by atoms with Crippen molar-refractivity contribution in [3.05, 3.63) is 65.7 Å². The molecule has 0 radical (unpaired) electrons. The van der Waals surface area contributed by atoms with E-state index in [1.807, 2.05) is 55.5 Å². The molecule has 2 aromatic carbocycles. The Balaban J connectivity index is 1.41. The first-order chi connectivity index (χ1) is 13.1. The summed E-state index contributed by atoms with van der Waals surface area (Å²) in [7, 11) is 0. The summed E-state index contributed by atoms with van der Waals surface area (Å²) in [6.45, 7) is 3.66. The Morgan fingerprint density at radius 2 is 1.89 bits per heavy atom. The molecule has 1 heterocycles. The van der Waals surface area contributed by atoms with Gasteiger partial charge >= 0.3 is 0 Å². The largest absolute Gasteiger partial charge is 0.492 e. The standard InChI is InChI=1S/C22H24N2O3/c1-17-4-11-20(12-5-17)27-16-14-23-21(25)13-8-18-6-9-19(10-7-18)24-15-2-3-22(24)26/h4-13H,2-3,14-16H2,1H3,(H,23,25)/b13-8+. The highest BCUT2D eigenvalue weighted by atomic mass is 16.5. The number of amides is 2. The highest BCUT2D eigenvalue weighted by Gasteiger charge is 2.21. The van der Waals surface area contributed by atoms with Crippen LogP contribution in [0, 0.1) is 6.92 Å². The second-order valence-electron chi connectivity index (χ2n) is 6.53. The fourth-order valence-corrected chi connectivity index (χ4v) is 2.89. The number of carbonyl (C=O) groups excluding carboxylic acids is 2. The van der Waals surface area contributed by atoms with Crippen LogP contribution in [0.1, 0.15) is 24.0 Å². The van der Waals surface area contributed by atoms with Gasteiger partial charge in [0.1, 0.15) is 12.4 Å². The molecule has 0 unspecified atom stereocenters. The molecule has 5 heteroatoms. The molecule has 1 N–H and O–H groups in total. The van der Waals surface area contributed by atoms with E-state index in [9.17, 15) is 9.59 Å². The number of aryl methyl sites for hydroxylation is 1. The van der Waals surface area contributed by atoms with Crippen LogP contribution in [0.25, 0.3) is 6.08 Å². The summed E-state index contributed by atoms with van der Waals surface area (Å²) in [4.78, 5) is 25.4. The van der Waals surface area contributed by atoms with E-state index in [4.69, 9.17) is 4.74 Å². The van der Waals surface area contributed by atoms with E-state index >= 15 is 0 Å². The Hall–Kier alpha value is -3.08. The third-order valence-corrected chi connectivity index (χ3v) is 4.40. The van der Waals surface area contributed by atoms with Crippen molar-refractivity contribution in [2.45, 2.75) is 19.8 Å². The van der Waals surface area contributed by atoms with Crippen molar-refractivity contribution < 1.29 is 14.3 Å². The van der Waals surface area contributed by atoms with Crippen LogP contribution >= 0.6 is 0 Å². The molecule has 1 aliphatic heterocycles. The van der Waals surface area contributed by atoms with Gasteiger partial charge in [-0.25, -0.2) is 0 Å². The second kappa shape index (κ2) is 9.03. The predicted molar refractivity (Wildman–Crippen MR) is 107 cm³/mol. The van der Waals surface area contributed by atoms with Gasteiger partial charge in [-0.1, -0.05) is 29.8 Å². The van der Waals surface area contributed by atoms with Crippen LogP contribution in [0.5, 0.6) is 5.75 Å². The SMILES string of the molecule is Cc1ccc(OCCNC(=O)/C=C/c2ccc(N3CCCC3=O)cc2)cc1. The highest BCUT2D eigenvalue weighted by molar-refractivity contribution is 5.95. The first kappa shape index (κ1) is 18.7. The lowest BCUT2D eigenvalue weighted by atomic mass is 10.2. The van der Waals surface area contributed by atoms with Gasteiger partial charge in [0, 0.05) is 24.7 Å². The molecule has 0 aliphatic carbocycles. The summed E-state index contributed by atoms with van der Waals surface area (Å²) in [5.41, 5.74) is 3.00. The molecule has 2 amide bonds. The van der Waals surface area contributed by atoms with Crippen LogP contribution < -0.4 is 15.0 Å². The number of rotatable bonds is 7. The molecular weight excluding hydrogens is 340 g/mol. The number of hydrogen-bond donors (Lipinski definition) is 1. The molecule has 1 fully saturated rings. The monoisotopic (exact) mass is 364 g/mol. The number of carbonyl (C=O) groups is 2. The van der Waals surface area contributed by atoms with Crippen LogP contribution in [0.2, 0.25) is 0 Å². The van der Waals surface area contributed by atoms with Crippen LogP contribution in [0.4, 0.5) is 5.69 Å². The number of anilines is 1. The van der Waals surface area contributed by atoms with Gasteiger partial charge in [0.15, 0.2) is 0 Å². The van der Waals surface area contributed by atoms with Crippen molar-refractivity contribution in [1.82, 2.24) is 5.32 Å². The zero-order chi connectivity index (χ0) is 19.1. The maximum Gasteiger partial charge on any atom is 0.244 e. The lowest BCUT2D eigenvalue weighted by Gasteiger charge is -2.15. The van der Waals surface area contributed by atoms with Gasteiger partial charge in [0.05, 0.1) is 6.54 Å². The molecule has 1 saturated heterocycles. The lowest BCUT2D eigenvalue weighted by molar-refractivity contribution is -0.117. The molecule has 0 saturated carbocycles. The lowest BCUT2D eigenvalue weighted by Crippen LogP contribution is -2.26. The Kier molecular flexibility index (Phi) is 6.26. The van der Waals surface area contributed by atoms with Crippen molar-refractivity contribution in [2.75, 3.05) is 24.6 Å². The number of ether oxygens (including phenoxy) is 1. The van der Waals surface area contributed by atoms with E-state index in [0.717, 1.165) is 30.0 Å². The molecule has 2 aromatic rings. The van der Waals surface area contributed by atoms with Crippen molar-refractivity contribution in [1.29, 1.82) is 0 Å². The van der Waals surface area contributed by atoms with Crippen molar-refractivity contribution in [3.8, 4) is 5.75 Å². The summed E-state index contributed by atoms with van der Waals surface area (Å²) >= 11 is 0. The molecule has 27 heavy (non-hydrogen) atoms. The van der Waals surface area contributed by atoms with Gasteiger partial charge < -0.3 is 15.0 Å². The molecular formula is C22H24N2O3. The summed E-state index contributed by atoms with van der Waals surface area (Å²) < 4.78 is 5.57. The summed E-state index contributed by atoms with van der Waals surface area (Å²) in [6.07, 6.45) is 4.79. The average Bonchev–Trinajstić information content (AvgIpc) is 3.11. The van der Waals surface area contributed by atoms with Crippen LogP contribution in [-0.4, -0.2) is 31.5 Å². The Morgan fingerprint density at radius 3 is 2.56 bits per heavy atom. The van der Waals surface area contributed by atoms with Gasteiger partial charge in [0.25, 0.3) is 0 Å². The van der Waals surface area contributed by atoms with Gasteiger partial charge in [-0.3, -0.25) is 9.59 Å². The topological polar surface area (TPSA) is 58.6 Å². The predicted octanol–water partition coefficient (Wildman–Crippen LogP) is 3.33. The van der Waals surface area contributed by atoms with Gasteiger partial charge in [0.2, 0.25) is 11.8 Å².